The Bertz CT molecular complexity index is 791. The predicted molar refractivity (Wildman–Crippen MR) is 110 cm³/mol. The molecule has 2 aromatic carbocycles. The van der Waals surface area contributed by atoms with E-state index in [4.69, 9.17) is 11.6 Å². The molecule has 2 aromatic rings. The highest BCUT2D eigenvalue weighted by atomic mass is 35.5. The Balaban J connectivity index is 2.25. The third-order valence-corrected chi connectivity index (χ3v) is 4.99. The smallest absolute Gasteiger partial charge is 0.242 e. The lowest BCUT2D eigenvalue weighted by Gasteiger charge is -2.29. The molecule has 0 aliphatic carbocycles. The number of aryl methyl sites for hydroxylation is 1. The first-order chi connectivity index (χ1) is 12.9. The van der Waals surface area contributed by atoms with Crippen LogP contribution < -0.4 is 5.32 Å². The normalized spacial score (nSPS) is 11.7. The van der Waals surface area contributed by atoms with Crippen molar-refractivity contribution in [1.82, 2.24) is 10.2 Å². The lowest BCUT2D eigenvalue weighted by Crippen LogP contribution is -2.48. The summed E-state index contributed by atoms with van der Waals surface area (Å²) in [5.74, 6) is -0.245. The summed E-state index contributed by atoms with van der Waals surface area (Å²) in [4.78, 5) is 27.2. The summed E-state index contributed by atoms with van der Waals surface area (Å²) in [6, 6.07) is 14.6. The van der Waals surface area contributed by atoms with Crippen LogP contribution in [0, 0.1) is 6.92 Å². The maximum atomic E-state index is 13.1. The molecule has 0 bridgehead atoms. The molecular weight excluding hydrogens is 360 g/mol. The van der Waals surface area contributed by atoms with Crippen molar-refractivity contribution in [3.63, 3.8) is 0 Å². The van der Waals surface area contributed by atoms with Crippen molar-refractivity contribution in [2.75, 3.05) is 6.54 Å². The predicted octanol–water partition coefficient (Wildman–Crippen LogP) is 4.13. The Morgan fingerprint density at radius 3 is 2.33 bits per heavy atom. The van der Waals surface area contributed by atoms with Gasteiger partial charge in [-0.15, -0.1) is 0 Å². The molecule has 0 spiro atoms. The van der Waals surface area contributed by atoms with E-state index in [-0.39, 0.29) is 18.2 Å². The van der Waals surface area contributed by atoms with E-state index in [0.29, 0.717) is 18.1 Å². The molecule has 0 saturated heterocycles. The van der Waals surface area contributed by atoms with E-state index >= 15 is 0 Å². The summed E-state index contributed by atoms with van der Waals surface area (Å²) >= 11 is 6.29. The summed E-state index contributed by atoms with van der Waals surface area (Å²) in [6.07, 6.45) is 1.10. The van der Waals surface area contributed by atoms with Crippen LogP contribution in [0.15, 0.2) is 48.5 Å². The summed E-state index contributed by atoms with van der Waals surface area (Å²) in [5.41, 5.74) is 2.85. The average Bonchev–Trinajstić information content (AvgIpc) is 2.66. The molecule has 0 radical (unpaired) electrons. The summed E-state index contributed by atoms with van der Waals surface area (Å²) in [7, 11) is 0. The van der Waals surface area contributed by atoms with Crippen LogP contribution in [-0.4, -0.2) is 29.3 Å². The maximum absolute atomic E-state index is 13.1. The molecule has 2 amide bonds. The van der Waals surface area contributed by atoms with Gasteiger partial charge in [0.05, 0.1) is 6.42 Å². The Morgan fingerprint density at radius 2 is 1.70 bits per heavy atom. The molecule has 0 unspecified atom stereocenters. The van der Waals surface area contributed by atoms with Gasteiger partial charge in [-0.05, 0) is 43.0 Å². The third kappa shape index (κ3) is 5.83. The van der Waals surface area contributed by atoms with Gasteiger partial charge in [0.2, 0.25) is 11.8 Å². The Kier molecular flexibility index (Phi) is 7.86. The van der Waals surface area contributed by atoms with Crippen LogP contribution in [-0.2, 0) is 22.6 Å². The fourth-order valence-electron chi connectivity index (χ4n) is 2.86. The fourth-order valence-corrected chi connectivity index (χ4v) is 3.06. The monoisotopic (exact) mass is 386 g/mol. The number of benzene rings is 2. The van der Waals surface area contributed by atoms with Crippen molar-refractivity contribution in [2.24, 2.45) is 0 Å². The molecule has 0 fully saturated rings. The molecule has 1 atom stereocenters. The van der Waals surface area contributed by atoms with E-state index in [0.717, 1.165) is 23.1 Å². The topological polar surface area (TPSA) is 49.4 Å². The average molecular weight is 387 g/mol. The second-order valence-corrected chi connectivity index (χ2v) is 7.09. The SMILES string of the molecule is CCCNC(=O)[C@@H](C)N(Cc1ccccc1Cl)C(=O)Cc1ccccc1C. The van der Waals surface area contributed by atoms with Crippen molar-refractivity contribution >= 4 is 23.4 Å². The van der Waals surface area contributed by atoms with Crippen LogP contribution in [0.4, 0.5) is 0 Å². The number of nitrogens with zero attached hydrogens (tertiary/aromatic N) is 1. The van der Waals surface area contributed by atoms with Crippen LogP contribution in [0.1, 0.15) is 37.0 Å². The highest BCUT2D eigenvalue weighted by molar-refractivity contribution is 6.31. The van der Waals surface area contributed by atoms with Gasteiger partial charge in [0.1, 0.15) is 6.04 Å². The molecule has 0 aliphatic heterocycles. The van der Waals surface area contributed by atoms with Gasteiger partial charge in [-0.2, -0.15) is 0 Å². The standard InChI is InChI=1S/C22H27ClN2O2/c1-4-13-24-22(27)17(3)25(15-19-11-7-8-12-20(19)23)21(26)14-18-10-6-5-9-16(18)2/h5-12,17H,4,13-15H2,1-3H3,(H,24,27)/t17-/m1/s1. The number of carbonyl (C=O) groups excluding carboxylic acids is 2. The highest BCUT2D eigenvalue weighted by Gasteiger charge is 2.26. The van der Waals surface area contributed by atoms with Gasteiger partial charge in [-0.1, -0.05) is 61.0 Å². The quantitative estimate of drug-likeness (QED) is 0.741. The van der Waals surface area contributed by atoms with Gasteiger partial charge in [-0.3, -0.25) is 9.59 Å². The number of nitrogens with one attached hydrogen (secondary N) is 1. The van der Waals surface area contributed by atoms with Crippen molar-refractivity contribution < 1.29 is 9.59 Å². The molecule has 0 aliphatic rings. The second kappa shape index (κ2) is 10.1. The van der Waals surface area contributed by atoms with Gasteiger partial charge >= 0.3 is 0 Å². The molecule has 27 heavy (non-hydrogen) atoms. The Labute approximate surface area is 166 Å². The molecule has 5 heteroatoms. The molecule has 1 N–H and O–H groups in total. The first-order valence-corrected chi connectivity index (χ1v) is 9.67. The van der Waals surface area contributed by atoms with E-state index in [9.17, 15) is 9.59 Å². The molecule has 2 rings (SSSR count). The highest BCUT2D eigenvalue weighted by Crippen LogP contribution is 2.20. The zero-order valence-electron chi connectivity index (χ0n) is 16.2. The number of carbonyl (C=O) groups is 2. The minimum atomic E-state index is -0.579. The minimum absolute atomic E-state index is 0.0941. The van der Waals surface area contributed by atoms with E-state index < -0.39 is 6.04 Å². The molecule has 0 saturated carbocycles. The molecule has 0 aromatic heterocycles. The number of halogens is 1. The first kappa shape index (κ1) is 21.0. The summed E-state index contributed by atoms with van der Waals surface area (Å²) in [5, 5.41) is 3.47. The van der Waals surface area contributed by atoms with Crippen LogP contribution in [0.25, 0.3) is 0 Å². The van der Waals surface area contributed by atoms with Gasteiger partial charge < -0.3 is 10.2 Å². The fraction of sp³-hybridized carbons (Fsp3) is 0.364. The number of hydrogen-bond donors (Lipinski definition) is 1. The zero-order chi connectivity index (χ0) is 19.8. The van der Waals surface area contributed by atoms with Crippen LogP contribution in [0.5, 0.6) is 0 Å². The van der Waals surface area contributed by atoms with Crippen molar-refractivity contribution in [3.05, 3.63) is 70.2 Å². The van der Waals surface area contributed by atoms with E-state index in [1.165, 1.54) is 0 Å². The van der Waals surface area contributed by atoms with Gasteiger partial charge in [0.15, 0.2) is 0 Å². The van der Waals surface area contributed by atoms with Crippen LogP contribution in [0.3, 0.4) is 0 Å². The summed E-state index contributed by atoms with van der Waals surface area (Å²) < 4.78 is 0. The van der Waals surface area contributed by atoms with Crippen molar-refractivity contribution in [3.8, 4) is 0 Å². The lowest BCUT2D eigenvalue weighted by molar-refractivity contribution is -0.140. The zero-order valence-corrected chi connectivity index (χ0v) is 16.9. The number of rotatable bonds is 8. The van der Waals surface area contributed by atoms with Crippen molar-refractivity contribution in [2.45, 2.75) is 46.2 Å². The summed E-state index contributed by atoms with van der Waals surface area (Å²) in [6.45, 7) is 6.63. The first-order valence-electron chi connectivity index (χ1n) is 9.29. The molecular formula is C22H27ClN2O2. The molecule has 4 nitrogen and oxygen atoms in total. The number of hydrogen-bond acceptors (Lipinski definition) is 2. The molecule has 144 valence electrons. The Hall–Kier alpha value is -2.33. The molecule has 0 heterocycles. The maximum Gasteiger partial charge on any atom is 0.242 e. The van der Waals surface area contributed by atoms with Gasteiger partial charge in [0, 0.05) is 18.1 Å². The largest absolute Gasteiger partial charge is 0.354 e. The lowest BCUT2D eigenvalue weighted by atomic mass is 10.0. The van der Waals surface area contributed by atoms with E-state index in [1.54, 1.807) is 17.9 Å². The third-order valence-electron chi connectivity index (χ3n) is 4.62. The van der Waals surface area contributed by atoms with E-state index in [2.05, 4.69) is 5.32 Å². The van der Waals surface area contributed by atoms with Gasteiger partial charge in [-0.25, -0.2) is 0 Å². The van der Waals surface area contributed by atoms with Crippen LogP contribution >= 0.6 is 11.6 Å². The van der Waals surface area contributed by atoms with Crippen molar-refractivity contribution in [1.29, 1.82) is 0 Å². The minimum Gasteiger partial charge on any atom is -0.354 e. The Morgan fingerprint density at radius 1 is 1.07 bits per heavy atom. The van der Waals surface area contributed by atoms with E-state index in [1.807, 2.05) is 56.3 Å². The number of amides is 2. The van der Waals surface area contributed by atoms with Crippen LogP contribution in [0.2, 0.25) is 5.02 Å². The van der Waals surface area contributed by atoms with Gasteiger partial charge in [0.25, 0.3) is 0 Å². The second-order valence-electron chi connectivity index (χ2n) is 6.68.